The summed E-state index contributed by atoms with van der Waals surface area (Å²) in [6.45, 7) is 0. The minimum atomic E-state index is -0.532. The van der Waals surface area contributed by atoms with E-state index in [1.54, 1.807) is 292 Å². The summed E-state index contributed by atoms with van der Waals surface area (Å²) in [4.78, 5) is 15.1. The molecule has 7 aliphatic carbocycles. The topological polar surface area (TPSA) is 37.3 Å². The van der Waals surface area contributed by atoms with E-state index in [4.69, 9.17) is 0 Å². The molecule has 2 spiro atoms. The zero-order valence-electron chi connectivity index (χ0n) is 32.1. The molecular weight excluding hydrogens is 777 g/mol. The van der Waals surface area contributed by atoms with E-state index in [2.05, 4.69) is 0 Å². The van der Waals surface area contributed by atoms with Crippen molar-refractivity contribution in [2.75, 3.05) is 0 Å². The fourth-order valence-corrected chi connectivity index (χ4v) is 25.5. The molecule has 1 saturated carbocycles. The van der Waals surface area contributed by atoms with Gasteiger partial charge in [0.2, 0.25) is 0 Å². The second-order valence-electron chi connectivity index (χ2n) is 24.5. The molecule has 264 valence electrons. The number of benzene rings is 16. The lowest BCUT2D eigenvalue weighted by Crippen LogP contribution is -2.35. The monoisotopic (exact) mass is 780 g/mol. The Balaban J connectivity index is 1.26. The zero-order chi connectivity index (χ0) is 37.6. The van der Waals surface area contributed by atoms with Gasteiger partial charge in [-0.25, -0.2) is 0 Å². The van der Waals surface area contributed by atoms with Crippen molar-refractivity contribution < 1.29 is 9.90 Å². The predicted octanol–water partition coefficient (Wildman–Crippen LogP) is 15.6. The molecule has 7 aliphatic rings. The maximum Gasteiger partial charge on any atom is 0.308 e. The molecule has 0 amide bonds. The predicted molar refractivity (Wildman–Crippen MR) is 262 cm³/mol. The van der Waals surface area contributed by atoms with Gasteiger partial charge in [-0.2, -0.15) is 0 Å². The highest BCUT2D eigenvalue weighted by molar-refractivity contribution is 6.80. The van der Waals surface area contributed by atoms with Gasteiger partial charge in [0.05, 0.1) is 5.92 Å². The van der Waals surface area contributed by atoms with E-state index in [0.717, 1.165) is 0 Å². The van der Waals surface area contributed by atoms with Gasteiger partial charge in [-0.05, 0) is 303 Å². The highest BCUT2D eigenvalue weighted by Crippen LogP contribution is 2.96. The first kappa shape index (κ1) is 22.5. The number of hydrogen-bond acceptors (Lipinski definition) is 1. The van der Waals surface area contributed by atoms with Gasteiger partial charge in [0.1, 0.15) is 0 Å². The number of carboxylic acids is 1. The largest absolute Gasteiger partial charge is 0.481 e. The van der Waals surface area contributed by atoms with Crippen LogP contribution in [-0.2, 0) is 15.6 Å². The first-order chi connectivity index (χ1) is 31.8. The molecule has 1 N–H and O–H groups in total. The molecule has 0 radical (unpaired) electrons. The van der Waals surface area contributed by atoms with Gasteiger partial charge < -0.3 is 5.11 Å². The van der Waals surface area contributed by atoms with Crippen molar-refractivity contribution in [3.8, 4) is 0 Å². The Morgan fingerprint density at radius 3 is 0.547 bits per heavy atom. The summed E-state index contributed by atoms with van der Waals surface area (Å²) in [7, 11) is 0. The van der Waals surface area contributed by atoms with Crippen LogP contribution in [0.5, 0.6) is 0 Å². The third-order valence-corrected chi connectivity index (χ3v) is 25.1. The van der Waals surface area contributed by atoms with Crippen LogP contribution in [0, 0.1) is 5.92 Å². The number of rotatable bonds is 1. The van der Waals surface area contributed by atoms with E-state index >= 15 is 4.79 Å². The maximum atomic E-state index is 15.1. The molecule has 0 bridgehead atoms. The van der Waals surface area contributed by atoms with E-state index in [1.807, 2.05) is 0 Å². The average Bonchev–Trinajstić information content (AvgIpc) is 4.14. The van der Waals surface area contributed by atoms with Crippen LogP contribution in [0.2, 0.25) is 0 Å². The van der Waals surface area contributed by atoms with E-state index in [-0.39, 0.29) is 11.8 Å². The summed E-state index contributed by atoms with van der Waals surface area (Å²) in [6, 6.07) is 0. The summed E-state index contributed by atoms with van der Waals surface area (Å²) in [6.07, 6.45) is 0. The van der Waals surface area contributed by atoms with Crippen LogP contribution in [0.15, 0.2) is 0 Å². The summed E-state index contributed by atoms with van der Waals surface area (Å²) in [5.41, 5.74) is 8.43. The molecule has 2 heteroatoms. The number of carbonyl (C=O) groups is 1. The first-order valence-corrected chi connectivity index (χ1v) is 24.0. The number of carboxylic acid groups (broad SMARTS) is 1. The summed E-state index contributed by atoms with van der Waals surface area (Å²) in [5, 5.41) is 91.8. The fourth-order valence-electron chi connectivity index (χ4n) is 25.5. The Hall–Kier alpha value is -7.81. The van der Waals surface area contributed by atoms with Gasteiger partial charge in [-0.3, -0.25) is 4.79 Å². The molecule has 0 aliphatic heterocycles. The molecule has 2 nitrogen and oxygen atoms in total. The third-order valence-electron chi connectivity index (χ3n) is 25.1. The van der Waals surface area contributed by atoms with Gasteiger partial charge in [-0.15, -0.1) is 0 Å². The van der Waals surface area contributed by atoms with E-state index in [9.17, 15) is 5.11 Å². The lowest BCUT2D eigenvalue weighted by Gasteiger charge is -2.41. The van der Waals surface area contributed by atoms with Crippen molar-refractivity contribution in [2.45, 2.75) is 22.7 Å². The van der Waals surface area contributed by atoms with Crippen molar-refractivity contribution in [3.05, 3.63) is 33.4 Å². The highest BCUT2D eigenvalue weighted by atomic mass is 16.4. The average molecular weight is 781 g/mol. The van der Waals surface area contributed by atoms with Crippen molar-refractivity contribution in [2.24, 2.45) is 5.92 Å². The van der Waals surface area contributed by atoms with E-state index in [0.29, 0.717) is 0 Å². The van der Waals surface area contributed by atoms with Crippen LogP contribution in [0.1, 0.15) is 45.2 Å². The van der Waals surface area contributed by atoms with Gasteiger partial charge in [-0.1, -0.05) is 0 Å². The van der Waals surface area contributed by atoms with Crippen LogP contribution in [0.25, 0.3) is 269 Å². The van der Waals surface area contributed by atoms with Crippen molar-refractivity contribution in [1.82, 2.24) is 0 Å². The Bertz CT molecular complexity index is 6660. The Morgan fingerprint density at radius 1 is 0.234 bits per heavy atom. The highest BCUT2D eigenvalue weighted by Gasteiger charge is 2.92. The maximum absolute atomic E-state index is 15.1. The Morgan fingerprint density at radius 2 is 0.375 bits per heavy atom. The molecule has 4 atom stereocenters. The van der Waals surface area contributed by atoms with Crippen LogP contribution in [-0.4, -0.2) is 11.1 Å². The molecule has 1 fully saturated rings. The van der Waals surface area contributed by atoms with E-state index < -0.39 is 22.7 Å². The normalized spacial score (nSPS) is 27.2. The number of aliphatic carboxylic acids is 1. The van der Waals surface area contributed by atoms with Crippen LogP contribution in [0.3, 0.4) is 0 Å². The lowest BCUT2D eigenvalue weighted by atomic mass is 9.60. The van der Waals surface area contributed by atoms with Crippen molar-refractivity contribution >= 4 is 275 Å². The quantitative estimate of drug-likeness (QED) is 0.169. The summed E-state index contributed by atoms with van der Waals surface area (Å²) in [5.74, 6) is -0.818. The van der Waals surface area contributed by atoms with Gasteiger partial charge >= 0.3 is 5.97 Å². The van der Waals surface area contributed by atoms with Crippen LogP contribution >= 0.6 is 0 Å². The Labute approximate surface area is 345 Å². The Kier molecular flexibility index (Phi) is 1.68. The van der Waals surface area contributed by atoms with Gasteiger partial charge in [0.15, 0.2) is 0 Å². The summed E-state index contributed by atoms with van der Waals surface area (Å²) < 4.78 is 0. The molecule has 0 heterocycles. The van der Waals surface area contributed by atoms with Crippen LogP contribution in [0.4, 0.5) is 0 Å². The standard InChI is InChI=1S/C62H4O2/c63-60(64)59-61-55-47-39-29-19-11-3-1-2-5-9-7(3)15-23-17(9)27-21-13(5)14-6(2)10-8-4(1)12(11)20-26-16(8)24-18(10)28-22(14)32-31(21)41-35(27)45-37(23)43(33(39)25(15)19)51(55)53(45)57-49(41)50-42(32)36(28)46-38(24)44-34(26)40(30(20)29)48(47)56(61)52(44)54(46)58(50)62(57,59)61/h55,58-59H,(H,63,64). The molecule has 26 aromatic rings. The second kappa shape index (κ2) is 4.78. The zero-order valence-corrected chi connectivity index (χ0v) is 32.1. The first-order valence-electron chi connectivity index (χ1n) is 24.0. The van der Waals surface area contributed by atoms with Gasteiger partial charge in [0, 0.05) is 22.7 Å². The molecule has 0 aromatic heterocycles. The lowest BCUT2D eigenvalue weighted by molar-refractivity contribution is -0.139. The molecule has 64 heavy (non-hydrogen) atoms. The fraction of sp³-hybridized carbons (Fsp3) is 0.0806. The smallest absolute Gasteiger partial charge is 0.308 e. The minimum Gasteiger partial charge on any atom is -0.481 e. The van der Waals surface area contributed by atoms with Gasteiger partial charge in [0.25, 0.3) is 0 Å². The molecule has 33 rings (SSSR count). The third kappa shape index (κ3) is 1.07. The molecular formula is C62H4O2. The van der Waals surface area contributed by atoms with E-state index in [1.165, 1.54) is 11.1 Å². The van der Waals surface area contributed by atoms with Crippen molar-refractivity contribution in [3.63, 3.8) is 0 Å². The molecule has 26 aromatic carbocycles. The number of hydrogen-bond donors (Lipinski definition) is 1. The SMILES string of the molecule is O=C(O)C1C23c4c5c6c7c8c9c%10c%11c(c%12c%13c%14c%15c%16c(c4c4c%17c5c7c5c7c8c8c9c9c%11c%11c%12c%14c%12c%14c%15c%15c%16c4c4c%17c5c5c7c7c8c8c9c%11c%12c9c%14c%11c%15c4c5c%11c7c89)C%132)C13C6%10. The molecule has 0 saturated heterocycles. The minimum absolute atomic E-state index is 0.0803. The second-order valence-corrected chi connectivity index (χ2v) is 24.5. The summed E-state index contributed by atoms with van der Waals surface area (Å²) >= 11 is 0. The van der Waals surface area contributed by atoms with Crippen LogP contribution < -0.4 is 0 Å². The van der Waals surface area contributed by atoms with Crippen molar-refractivity contribution in [1.29, 1.82) is 0 Å². The molecule has 4 unspecified atom stereocenters.